The molecule has 88 valence electrons. The first-order valence-electron chi connectivity index (χ1n) is 5.20. The molecule has 4 heteroatoms. The van der Waals surface area contributed by atoms with Gasteiger partial charge in [0.2, 0.25) is 0 Å². The summed E-state index contributed by atoms with van der Waals surface area (Å²) in [6.45, 7) is 3.62. The first-order chi connectivity index (χ1) is 8.06. The number of hydrogen-bond acceptors (Lipinski definition) is 2. The van der Waals surface area contributed by atoms with E-state index in [0.717, 1.165) is 15.0 Å². The van der Waals surface area contributed by atoms with E-state index in [9.17, 15) is 4.79 Å². The third-order valence-electron chi connectivity index (χ3n) is 2.37. The molecule has 1 aromatic carbocycles. The van der Waals surface area contributed by atoms with Gasteiger partial charge in [0.1, 0.15) is 11.5 Å². The highest BCUT2D eigenvalue weighted by molar-refractivity contribution is 14.1. The molecule has 1 N–H and O–H groups in total. The van der Waals surface area contributed by atoms with Crippen molar-refractivity contribution >= 4 is 34.2 Å². The highest BCUT2D eigenvalue weighted by Crippen LogP contribution is 2.17. The Morgan fingerprint density at radius 3 is 2.65 bits per heavy atom. The predicted molar refractivity (Wildman–Crippen MR) is 75.3 cm³/mol. The van der Waals surface area contributed by atoms with Crippen LogP contribution in [0, 0.1) is 17.4 Å². The van der Waals surface area contributed by atoms with Gasteiger partial charge in [-0.25, -0.2) is 0 Å². The lowest BCUT2D eigenvalue weighted by atomic mass is 10.2. The normalized spacial score (nSPS) is 10.3. The summed E-state index contributed by atoms with van der Waals surface area (Å²) >= 11 is 2.21. The first-order valence-corrected chi connectivity index (χ1v) is 6.28. The summed E-state index contributed by atoms with van der Waals surface area (Å²) in [5, 5.41) is 2.85. The molecule has 0 saturated heterocycles. The standard InChI is InChI=1S/C13H12INO2/c1-8-6-12(9(2)17-8)13(16)15-11-5-3-4-10(14)7-11/h3-7H,1-2H3,(H,15,16). The Hall–Kier alpha value is -1.30. The quantitative estimate of drug-likeness (QED) is 0.846. The predicted octanol–water partition coefficient (Wildman–Crippen LogP) is 3.75. The van der Waals surface area contributed by atoms with E-state index in [4.69, 9.17) is 4.42 Å². The maximum absolute atomic E-state index is 12.0. The Bertz CT molecular complexity index is 560. The zero-order valence-corrected chi connectivity index (χ0v) is 11.7. The van der Waals surface area contributed by atoms with Crippen molar-refractivity contribution in [3.05, 3.63) is 51.0 Å². The zero-order chi connectivity index (χ0) is 12.4. The molecule has 2 rings (SSSR count). The van der Waals surface area contributed by atoms with E-state index < -0.39 is 0 Å². The Labute approximate surface area is 113 Å². The average Bonchev–Trinajstić information content (AvgIpc) is 2.58. The fourth-order valence-corrected chi connectivity index (χ4v) is 2.16. The second-order valence-corrected chi connectivity index (χ2v) is 5.04. The summed E-state index contributed by atoms with van der Waals surface area (Å²) in [7, 11) is 0. The molecule has 3 nitrogen and oxygen atoms in total. The molecule has 0 fully saturated rings. The van der Waals surface area contributed by atoms with Crippen molar-refractivity contribution in [3.63, 3.8) is 0 Å². The lowest BCUT2D eigenvalue weighted by molar-refractivity contribution is 0.102. The molecule has 0 spiro atoms. The van der Waals surface area contributed by atoms with E-state index in [1.54, 1.807) is 13.0 Å². The fourth-order valence-electron chi connectivity index (χ4n) is 1.62. The second kappa shape index (κ2) is 4.91. The number of rotatable bonds is 2. The van der Waals surface area contributed by atoms with Gasteiger partial charge in [0, 0.05) is 9.26 Å². The van der Waals surface area contributed by atoms with Crippen LogP contribution in [0.25, 0.3) is 0 Å². The molecule has 1 aromatic heterocycles. The summed E-state index contributed by atoms with van der Waals surface area (Å²) in [5.41, 5.74) is 1.38. The summed E-state index contributed by atoms with van der Waals surface area (Å²) in [6, 6.07) is 9.41. The van der Waals surface area contributed by atoms with Gasteiger partial charge in [-0.2, -0.15) is 0 Å². The Kier molecular flexibility index (Phi) is 3.51. The zero-order valence-electron chi connectivity index (χ0n) is 9.58. The molecule has 0 aliphatic heterocycles. The minimum atomic E-state index is -0.138. The van der Waals surface area contributed by atoms with Crippen LogP contribution in [-0.2, 0) is 0 Å². The van der Waals surface area contributed by atoms with Gasteiger partial charge in [0.05, 0.1) is 5.56 Å². The minimum absolute atomic E-state index is 0.138. The number of nitrogens with one attached hydrogen (secondary N) is 1. The van der Waals surface area contributed by atoms with Crippen molar-refractivity contribution in [1.29, 1.82) is 0 Å². The largest absolute Gasteiger partial charge is 0.466 e. The molecular weight excluding hydrogens is 329 g/mol. The van der Waals surface area contributed by atoms with E-state index >= 15 is 0 Å². The molecule has 0 unspecified atom stereocenters. The number of halogens is 1. The Balaban J connectivity index is 2.20. The molecule has 0 radical (unpaired) electrons. The van der Waals surface area contributed by atoms with Crippen LogP contribution in [0.15, 0.2) is 34.7 Å². The van der Waals surface area contributed by atoms with E-state index in [-0.39, 0.29) is 5.91 Å². The van der Waals surface area contributed by atoms with E-state index in [1.807, 2.05) is 31.2 Å². The van der Waals surface area contributed by atoms with Crippen molar-refractivity contribution in [2.75, 3.05) is 5.32 Å². The van der Waals surface area contributed by atoms with Crippen LogP contribution in [0.4, 0.5) is 5.69 Å². The summed E-state index contributed by atoms with van der Waals surface area (Å²) in [5.74, 6) is 1.25. The number of aryl methyl sites for hydroxylation is 2. The van der Waals surface area contributed by atoms with Crippen molar-refractivity contribution < 1.29 is 9.21 Å². The SMILES string of the molecule is Cc1cc(C(=O)Nc2cccc(I)c2)c(C)o1. The highest BCUT2D eigenvalue weighted by atomic mass is 127. The van der Waals surface area contributed by atoms with Crippen LogP contribution in [0.3, 0.4) is 0 Å². The number of furan rings is 1. The Morgan fingerprint density at radius 1 is 1.29 bits per heavy atom. The molecule has 1 amide bonds. The monoisotopic (exact) mass is 341 g/mol. The fraction of sp³-hybridized carbons (Fsp3) is 0.154. The molecule has 0 aliphatic carbocycles. The van der Waals surface area contributed by atoms with Gasteiger partial charge in [-0.05, 0) is 60.7 Å². The smallest absolute Gasteiger partial charge is 0.259 e. The molecule has 0 bridgehead atoms. The van der Waals surface area contributed by atoms with Crippen LogP contribution in [0.2, 0.25) is 0 Å². The summed E-state index contributed by atoms with van der Waals surface area (Å²) in [6.07, 6.45) is 0. The van der Waals surface area contributed by atoms with Gasteiger partial charge < -0.3 is 9.73 Å². The highest BCUT2D eigenvalue weighted by Gasteiger charge is 2.13. The number of carbonyl (C=O) groups is 1. The van der Waals surface area contributed by atoms with Crippen molar-refractivity contribution in [2.24, 2.45) is 0 Å². The molecule has 2 aromatic rings. The molecule has 0 saturated carbocycles. The van der Waals surface area contributed by atoms with E-state index in [0.29, 0.717) is 11.3 Å². The summed E-state index contributed by atoms with van der Waals surface area (Å²) < 4.78 is 6.42. The third kappa shape index (κ3) is 2.88. The number of carbonyl (C=O) groups excluding carboxylic acids is 1. The summed E-state index contributed by atoms with van der Waals surface area (Å²) in [4.78, 5) is 12.0. The third-order valence-corrected chi connectivity index (χ3v) is 3.04. The average molecular weight is 341 g/mol. The van der Waals surface area contributed by atoms with Crippen LogP contribution >= 0.6 is 22.6 Å². The molecule has 0 atom stereocenters. The van der Waals surface area contributed by atoms with Crippen LogP contribution in [0.5, 0.6) is 0 Å². The van der Waals surface area contributed by atoms with Gasteiger partial charge in [0.15, 0.2) is 0 Å². The molecule has 0 aliphatic rings. The topological polar surface area (TPSA) is 42.2 Å². The lowest BCUT2D eigenvalue weighted by Gasteiger charge is -2.04. The maximum atomic E-state index is 12.0. The van der Waals surface area contributed by atoms with Crippen molar-refractivity contribution in [1.82, 2.24) is 0 Å². The van der Waals surface area contributed by atoms with Gasteiger partial charge >= 0.3 is 0 Å². The number of hydrogen-bond donors (Lipinski definition) is 1. The van der Waals surface area contributed by atoms with Gasteiger partial charge in [-0.1, -0.05) is 6.07 Å². The number of benzene rings is 1. The van der Waals surface area contributed by atoms with Crippen LogP contribution < -0.4 is 5.32 Å². The lowest BCUT2D eigenvalue weighted by Crippen LogP contribution is -2.12. The van der Waals surface area contributed by atoms with Crippen molar-refractivity contribution in [3.8, 4) is 0 Å². The second-order valence-electron chi connectivity index (χ2n) is 3.79. The van der Waals surface area contributed by atoms with Gasteiger partial charge in [0.25, 0.3) is 5.91 Å². The van der Waals surface area contributed by atoms with Gasteiger partial charge in [-0.15, -0.1) is 0 Å². The number of amides is 1. The number of anilines is 1. The van der Waals surface area contributed by atoms with Crippen molar-refractivity contribution in [2.45, 2.75) is 13.8 Å². The first kappa shape index (κ1) is 12.2. The van der Waals surface area contributed by atoms with E-state index in [1.165, 1.54) is 0 Å². The maximum Gasteiger partial charge on any atom is 0.259 e. The minimum Gasteiger partial charge on any atom is -0.466 e. The molecular formula is C13H12INO2. The Morgan fingerprint density at radius 2 is 2.06 bits per heavy atom. The van der Waals surface area contributed by atoms with Crippen LogP contribution in [-0.4, -0.2) is 5.91 Å². The van der Waals surface area contributed by atoms with Crippen LogP contribution in [0.1, 0.15) is 21.9 Å². The van der Waals surface area contributed by atoms with E-state index in [2.05, 4.69) is 27.9 Å². The molecule has 1 heterocycles. The molecule has 17 heavy (non-hydrogen) atoms. The van der Waals surface area contributed by atoms with Gasteiger partial charge in [-0.3, -0.25) is 4.79 Å².